The van der Waals surface area contributed by atoms with Crippen molar-refractivity contribution in [1.82, 2.24) is 9.80 Å². The largest absolute Gasteiger partial charge is 0.337 e. The van der Waals surface area contributed by atoms with Gasteiger partial charge in [-0.15, -0.1) is 0 Å². The maximum Gasteiger partial charge on any atom is 0.254 e. The molecular weight excluding hydrogens is 429 g/mol. The van der Waals surface area contributed by atoms with Crippen LogP contribution in [0.25, 0.3) is 10.8 Å². The Balaban J connectivity index is 1.41. The molecule has 1 saturated heterocycles. The standard InChI is InChI=1S/C28H32FN3O2/c1-3-20-9-7-10-21(4-2)27(20)30-26(33)19-31-15-8-16-32(18-17-31)28(34)24-13-14-25(29)23-12-6-5-11-22(23)24/h5-7,9-14H,3-4,8,15-19H2,1-2H3,(H,30,33). The van der Waals surface area contributed by atoms with Crippen molar-refractivity contribution in [1.29, 1.82) is 0 Å². The molecule has 1 N–H and O–H groups in total. The molecule has 0 aliphatic carbocycles. The molecule has 5 nitrogen and oxygen atoms in total. The van der Waals surface area contributed by atoms with Crippen LogP contribution in [-0.2, 0) is 17.6 Å². The highest BCUT2D eigenvalue weighted by atomic mass is 19.1. The fourth-order valence-electron chi connectivity index (χ4n) is 4.74. The van der Waals surface area contributed by atoms with Gasteiger partial charge in [0.05, 0.1) is 6.54 Å². The molecule has 34 heavy (non-hydrogen) atoms. The molecule has 4 rings (SSSR count). The second-order valence-electron chi connectivity index (χ2n) is 8.77. The summed E-state index contributed by atoms with van der Waals surface area (Å²) >= 11 is 0. The molecule has 1 fully saturated rings. The SMILES string of the molecule is CCc1cccc(CC)c1NC(=O)CN1CCCN(C(=O)c2ccc(F)c3ccccc23)CC1. The van der Waals surface area contributed by atoms with Crippen molar-refractivity contribution in [2.75, 3.05) is 38.0 Å². The Morgan fingerprint density at radius 3 is 2.26 bits per heavy atom. The van der Waals surface area contributed by atoms with Gasteiger partial charge in [0.15, 0.2) is 0 Å². The highest BCUT2D eigenvalue weighted by Crippen LogP contribution is 2.24. The number of carbonyl (C=O) groups is 2. The van der Waals surface area contributed by atoms with Gasteiger partial charge in [-0.05, 0) is 47.9 Å². The van der Waals surface area contributed by atoms with Gasteiger partial charge in [-0.1, -0.05) is 56.3 Å². The molecule has 6 heteroatoms. The Morgan fingerprint density at radius 1 is 0.853 bits per heavy atom. The number of para-hydroxylation sites is 1. The summed E-state index contributed by atoms with van der Waals surface area (Å²) in [4.78, 5) is 30.1. The van der Waals surface area contributed by atoms with Crippen LogP contribution in [0, 0.1) is 5.82 Å². The number of fused-ring (bicyclic) bond motifs is 1. The van der Waals surface area contributed by atoms with E-state index in [-0.39, 0.29) is 17.6 Å². The van der Waals surface area contributed by atoms with E-state index in [1.807, 2.05) is 17.0 Å². The number of rotatable bonds is 6. The van der Waals surface area contributed by atoms with E-state index in [2.05, 4.69) is 36.2 Å². The fraction of sp³-hybridized carbons (Fsp3) is 0.357. The number of nitrogens with one attached hydrogen (secondary N) is 1. The number of aryl methyl sites for hydroxylation is 2. The summed E-state index contributed by atoms with van der Waals surface area (Å²) in [6.07, 6.45) is 2.51. The van der Waals surface area contributed by atoms with Crippen molar-refractivity contribution in [2.24, 2.45) is 0 Å². The van der Waals surface area contributed by atoms with E-state index in [1.54, 1.807) is 24.3 Å². The van der Waals surface area contributed by atoms with Crippen LogP contribution in [0.2, 0.25) is 0 Å². The van der Waals surface area contributed by atoms with E-state index >= 15 is 0 Å². The van der Waals surface area contributed by atoms with Gasteiger partial charge < -0.3 is 10.2 Å². The van der Waals surface area contributed by atoms with Crippen molar-refractivity contribution in [3.8, 4) is 0 Å². The molecule has 0 spiro atoms. The van der Waals surface area contributed by atoms with Crippen molar-refractivity contribution in [3.63, 3.8) is 0 Å². The number of carbonyl (C=O) groups excluding carboxylic acids is 2. The Bertz CT molecular complexity index is 1170. The molecular formula is C28H32FN3O2. The van der Waals surface area contributed by atoms with Crippen LogP contribution in [0.5, 0.6) is 0 Å². The van der Waals surface area contributed by atoms with Gasteiger partial charge in [0, 0.05) is 42.8 Å². The monoisotopic (exact) mass is 461 g/mol. The average molecular weight is 462 g/mol. The predicted octanol–water partition coefficient (Wildman–Crippen LogP) is 4.89. The summed E-state index contributed by atoms with van der Waals surface area (Å²) in [7, 11) is 0. The Labute approximate surface area is 200 Å². The van der Waals surface area contributed by atoms with E-state index in [1.165, 1.54) is 6.07 Å². The van der Waals surface area contributed by atoms with E-state index < -0.39 is 0 Å². The number of amides is 2. The first-order chi connectivity index (χ1) is 16.5. The highest BCUT2D eigenvalue weighted by Gasteiger charge is 2.23. The Hall–Kier alpha value is -3.25. The molecule has 0 unspecified atom stereocenters. The van der Waals surface area contributed by atoms with Gasteiger partial charge in [0.2, 0.25) is 5.91 Å². The lowest BCUT2D eigenvalue weighted by molar-refractivity contribution is -0.117. The number of hydrogen-bond donors (Lipinski definition) is 1. The minimum absolute atomic E-state index is 0.0279. The zero-order chi connectivity index (χ0) is 24.1. The summed E-state index contributed by atoms with van der Waals surface area (Å²) in [6, 6.07) is 16.2. The predicted molar refractivity (Wildman–Crippen MR) is 135 cm³/mol. The lowest BCUT2D eigenvalue weighted by Crippen LogP contribution is -2.38. The van der Waals surface area contributed by atoms with Crippen molar-refractivity contribution >= 4 is 28.3 Å². The van der Waals surface area contributed by atoms with Crippen molar-refractivity contribution < 1.29 is 14.0 Å². The summed E-state index contributed by atoms with van der Waals surface area (Å²) < 4.78 is 14.2. The average Bonchev–Trinajstić information content (AvgIpc) is 3.09. The van der Waals surface area contributed by atoms with Crippen LogP contribution in [0.1, 0.15) is 41.8 Å². The van der Waals surface area contributed by atoms with E-state index in [9.17, 15) is 14.0 Å². The van der Waals surface area contributed by atoms with E-state index in [0.29, 0.717) is 42.5 Å². The quantitative estimate of drug-likeness (QED) is 0.569. The molecule has 3 aromatic rings. The number of halogens is 1. The fourth-order valence-corrected chi connectivity index (χ4v) is 4.74. The minimum atomic E-state index is -0.323. The molecule has 178 valence electrons. The molecule has 3 aromatic carbocycles. The summed E-state index contributed by atoms with van der Waals surface area (Å²) in [5.74, 6) is -0.442. The summed E-state index contributed by atoms with van der Waals surface area (Å²) in [5, 5.41) is 4.23. The Morgan fingerprint density at radius 2 is 1.56 bits per heavy atom. The molecule has 1 aliphatic heterocycles. The van der Waals surface area contributed by atoms with Crippen LogP contribution in [0.3, 0.4) is 0 Å². The second-order valence-corrected chi connectivity index (χ2v) is 8.77. The van der Waals surface area contributed by atoms with Crippen molar-refractivity contribution in [2.45, 2.75) is 33.1 Å². The molecule has 0 saturated carbocycles. The number of benzene rings is 3. The minimum Gasteiger partial charge on any atom is -0.337 e. The molecule has 0 aromatic heterocycles. The van der Waals surface area contributed by atoms with Gasteiger partial charge in [-0.2, -0.15) is 0 Å². The maximum atomic E-state index is 14.2. The topological polar surface area (TPSA) is 52.7 Å². The smallest absolute Gasteiger partial charge is 0.254 e. The molecule has 0 radical (unpaired) electrons. The van der Waals surface area contributed by atoms with Gasteiger partial charge in [-0.25, -0.2) is 4.39 Å². The maximum absolute atomic E-state index is 14.2. The van der Waals surface area contributed by atoms with Gasteiger partial charge in [-0.3, -0.25) is 14.5 Å². The lowest BCUT2D eigenvalue weighted by Gasteiger charge is -2.23. The molecule has 1 aliphatic rings. The Kier molecular flexibility index (Phi) is 7.58. The van der Waals surface area contributed by atoms with Crippen LogP contribution in [-0.4, -0.2) is 54.3 Å². The zero-order valence-electron chi connectivity index (χ0n) is 19.9. The zero-order valence-corrected chi connectivity index (χ0v) is 19.9. The lowest BCUT2D eigenvalue weighted by atomic mass is 10.0. The van der Waals surface area contributed by atoms with Crippen molar-refractivity contribution in [3.05, 3.63) is 77.1 Å². The van der Waals surface area contributed by atoms with Crippen LogP contribution >= 0.6 is 0 Å². The molecule has 0 atom stereocenters. The van der Waals surface area contributed by atoms with E-state index in [0.717, 1.165) is 42.6 Å². The number of hydrogen-bond acceptors (Lipinski definition) is 3. The second kappa shape index (κ2) is 10.8. The van der Waals surface area contributed by atoms with Gasteiger partial charge in [0.25, 0.3) is 5.91 Å². The van der Waals surface area contributed by atoms with Crippen LogP contribution < -0.4 is 5.32 Å². The van der Waals surface area contributed by atoms with Crippen LogP contribution in [0.4, 0.5) is 10.1 Å². The molecule has 0 bridgehead atoms. The molecule has 2 amide bonds. The first-order valence-electron chi connectivity index (χ1n) is 12.1. The highest BCUT2D eigenvalue weighted by molar-refractivity contribution is 6.07. The van der Waals surface area contributed by atoms with Gasteiger partial charge in [0.1, 0.15) is 5.82 Å². The summed E-state index contributed by atoms with van der Waals surface area (Å²) in [6.45, 7) is 6.99. The van der Waals surface area contributed by atoms with E-state index in [4.69, 9.17) is 0 Å². The molecule has 1 heterocycles. The third kappa shape index (κ3) is 5.12. The summed E-state index contributed by atoms with van der Waals surface area (Å²) in [5.41, 5.74) is 3.75. The third-order valence-electron chi connectivity index (χ3n) is 6.61. The first-order valence-corrected chi connectivity index (χ1v) is 12.1. The number of nitrogens with zero attached hydrogens (tertiary/aromatic N) is 2. The van der Waals surface area contributed by atoms with Gasteiger partial charge >= 0.3 is 0 Å². The number of anilines is 1. The third-order valence-corrected chi connectivity index (χ3v) is 6.61. The first kappa shape index (κ1) is 23.9. The normalized spacial score (nSPS) is 14.7. The van der Waals surface area contributed by atoms with Crippen LogP contribution in [0.15, 0.2) is 54.6 Å².